The number of amides is 3. The fourth-order valence-corrected chi connectivity index (χ4v) is 3.71. The van der Waals surface area contributed by atoms with Crippen molar-refractivity contribution in [3.63, 3.8) is 0 Å². The van der Waals surface area contributed by atoms with Crippen LogP contribution in [0.5, 0.6) is 5.75 Å². The van der Waals surface area contributed by atoms with Crippen LogP contribution in [0.15, 0.2) is 72.8 Å². The molecule has 3 amide bonds. The van der Waals surface area contributed by atoms with Crippen LogP contribution in [0, 0.1) is 0 Å². The fourth-order valence-electron chi connectivity index (χ4n) is 3.71. The predicted molar refractivity (Wildman–Crippen MR) is 123 cm³/mol. The first-order valence-corrected chi connectivity index (χ1v) is 10.2. The number of carbonyl (C=O) groups is 3. The normalized spacial score (nSPS) is 12.7. The van der Waals surface area contributed by atoms with Gasteiger partial charge in [-0.3, -0.25) is 14.4 Å². The first kappa shape index (κ1) is 20.3. The molecule has 0 unspecified atom stereocenters. The molecular formula is C25H18N4O4. The first-order chi connectivity index (χ1) is 16.0. The monoisotopic (exact) mass is 438 g/mol. The van der Waals surface area contributed by atoms with Gasteiger partial charge in [0.15, 0.2) is 11.4 Å². The number of ether oxygens (including phenoxy) is 1. The number of methoxy groups -OCH3 is 1. The fraction of sp³-hybridized carbons (Fsp3) is 0.0800. The van der Waals surface area contributed by atoms with E-state index in [1.54, 1.807) is 87.0 Å². The van der Waals surface area contributed by atoms with Crippen molar-refractivity contribution in [1.82, 2.24) is 9.97 Å². The number of nitrogens with zero attached hydrogens (tertiary/aromatic N) is 4. The van der Waals surface area contributed by atoms with Crippen LogP contribution in [-0.4, -0.2) is 41.8 Å². The summed E-state index contributed by atoms with van der Waals surface area (Å²) in [4.78, 5) is 50.0. The number of carbonyl (C=O) groups excluding carboxylic acids is 3. The molecule has 0 saturated heterocycles. The second kappa shape index (κ2) is 7.83. The Bertz CT molecular complexity index is 1360. The summed E-state index contributed by atoms with van der Waals surface area (Å²) < 4.78 is 5.15. The summed E-state index contributed by atoms with van der Waals surface area (Å²) >= 11 is 0. The van der Waals surface area contributed by atoms with Crippen LogP contribution in [0.1, 0.15) is 31.3 Å². The van der Waals surface area contributed by atoms with Crippen LogP contribution >= 0.6 is 0 Å². The molecule has 1 aromatic heterocycles. The van der Waals surface area contributed by atoms with Gasteiger partial charge in [0.1, 0.15) is 5.75 Å². The summed E-state index contributed by atoms with van der Waals surface area (Å²) in [5, 5.41) is 0. The molecule has 0 radical (unpaired) electrons. The average molecular weight is 438 g/mol. The quantitative estimate of drug-likeness (QED) is 0.451. The number of rotatable bonds is 4. The Balaban J connectivity index is 1.40. The Morgan fingerprint density at radius 3 is 1.88 bits per heavy atom. The lowest BCUT2D eigenvalue weighted by atomic mass is 10.1. The van der Waals surface area contributed by atoms with Gasteiger partial charge in [0.2, 0.25) is 0 Å². The number of imide groups is 1. The standard InChI is InChI=1S/C25H18N4O4/c1-28(16-11-13-18(33-2)14-12-16)23(30)15-7-9-17(10-8-15)29-24(31)21-22(25(29)32)27-20-6-4-3-5-19(20)26-21/h3-14H,1-2H3. The van der Waals surface area contributed by atoms with Crippen molar-refractivity contribution in [1.29, 1.82) is 0 Å². The van der Waals surface area contributed by atoms with Gasteiger partial charge in [-0.2, -0.15) is 0 Å². The molecule has 0 fully saturated rings. The van der Waals surface area contributed by atoms with E-state index < -0.39 is 11.8 Å². The summed E-state index contributed by atoms with van der Waals surface area (Å²) in [6.45, 7) is 0. The molecule has 3 aromatic carbocycles. The van der Waals surface area contributed by atoms with E-state index in [-0.39, 0.29) is 17.3 Å². The van der Waals surface area contributed by atoms with Crippen molar-refractivity contribution < 1.29 is 19.1 Å². The van der Waals surface area contributed by atoms with Gasteiger partial charge in [0.25, 0.3) is 17.7 Å². The number of hydrogen-bond donors (Lipinski definition) is 0. The van der Waals surface area contributed by atoms with E-state index in [0.717, 1.165) is 4.90 Å². The third-order valence-electron chi connectivity index (χ3n) is 5.52. The van der Waals surface area contributed by atoms with Crippen LogP contribution in [0.3, 0.4) is 0 Å². The maximum atomic E-state index is 12.9. The van der Waals surface area contributed by atoms with Crippen LogP contribution in [-0.2, 0) is 0 Å². The molecule has 162 valence electrons. The van der Waals surface area contributed by atoms with Crippen molar-refractivity contribution >= 4 is 40.1 Å². The van der Waals surface area contributed by atoms with Gasteiger partial charge >= 0.3 is 0 Å². The lowest BCUT2D eigenvalue weighted by molar-refractivity contribution is 0.0922. The van der Waals surface area contributed by atoms with E-state index >= 15 is 0 Å². The van der Waals surface area contributed by atoms with Gasteiger partial charge in [-0.05, 0) is 60.7 Å². The molecule has 0 spiro atoms. The lowest BCUT2D eigenvalue weighted by Crippen LogP contribution is -2.30. The van der Waals surface area contributed by atoms with E-state index in [0.29, 0.717) is 33.7 Å². The van der Waals surface area contributed by atoms with E-state index in [4.69, 9.17) is 4.74 Å². The molecule has 0 aliphatic carbocycles. The van der Waals surface area contributed by atoms with E-state index in [9.17, 15) is 14.4 Å². The molecule has 0 saturated carbocycles. The topological polar surface area (TPSA) is 92.7 Å². The Morgan fingerprint density at radius 2 is 1.36 bits per heavy atom. The summed E-state index contributed by atoms with van der Waals surface area (Å²) in [6, 6.07) is 20.5. The van der Waals surface area contributed by atoms with Gasteiger partial charge in [0.05, 0.1) is 23.8 Å². The highest BCUT2D eigenvalue weighted by Gasteiger charge is 2.40. The average Bonchev–Trinajstić information content (AvgIpc) is 3.11. The minimum Gasteiger partial charge on any atom is -0.497 e. The lowest BCUT2D eigenvalue weighted by Gasteiger charge is -2.18. The molecule has 2 heterocycles. The van der Waals surface area contributed by atoms with Gasteiger partial charge < -0.3 is 9.64 Å². The summed E-state index contributed by atoms with van der Waals surface area (Å²) in [5.74, 6) is -0.615. The zero-order valence-corrected chi connectivity index (χ0v) is 17.9. The number of aromatic nitrogens is 2. The molecule has 8 nitrogen and oxygen atoms in total. The highest BCUT2D eigenvalue weighted by molar-refractivity contribution is 6.33. The maximum absolute atomic E-state index is 12.9. The summed E-state index contributed by atoms with van der Waals surface area (Å²) in [6.07, 6.45) is 0. The molecule has 33 heavy (non-hydrogen) atoms. The van der Waals surface area contributed by atoms with Gasteiger partial charge in [-0.1, -0.05) is 12.1 Å². The van der Waals surface area contributed by atoms with Crippen LogP contribution < -0.4 is 14.5 Å². The van der Waals surface area contributed by atoms with E-state index in [1.165, 1.54) is 4.90 Å². The molecule has 4 aromatic rings. The third kappa shape index (κ3) is 3.38. The van der Waals surface area contributed by atoms with E-state index in [2.05, 4.69) is 9.97 Å². The Morgan fingerprint density at radius 1 is 0.818 bits per heavy atom. The third-order valence-corrected chi connectivity index (χ3v) is 5.52. The van der Waals surface area contributed by atoms with Crippen molar-refractivity contribution in [2.24, 2.45) is 0 Å². The Labute approximate surface area is 189 Å². The minimum atomic E-state index is -0.539. The van der Waals surface area contributed by atoms with Crippen LogP contribution in [0.2, 0.25) is 0 Å². The predicted octanol–water partition coefficient (Wildman–Crippen LogP) is 3.72. The smallest absolute Gasteiger partial charge is 0.286 e. The number of anilines is 2. The molecule has 0 bridgehead atoms. The van der Waals surface area contributed by atoms with Crippen molar-refractivity contribution in [3.05, 3.63) is 89.7 Å². The second-order valence-corrected chi connectivity index (χ2v) is 7.46. The summed E-state index contributed by atoms with van der Waals surface area (Å²) in [5.41, 5.74) is 2.60. The number of benzene rings is 3. The molecule has 1 aliphatic rings. The molecule has 8 heteroatoms. The van der Waals surface area contributed by atoms with Gasteiger partial charge in [-0.15, -0.1) is 0 Å². The second-order valence-electron chi connectivity index (χ2n) is 7.46. The number of hydrogen-bond acceptors (Lipinski definition) is 6. The number of para-hydroxylation sites is 2. The van der Waals surface area contributed by atoms with Crippen molar-refractivity contribution in [2.45, 2.75) is 0 Å². The highest BCUT2D eigenvalue weighted by atomic mass is 16.5. The Hall–Kier alpha value is -4.59. The zero-order valence-electron chi connectivity index (χ0n) is 17.9. The maximum Gasteiger partial charge on any atom is 0.286 e. The van der Waals surface area contributed by atoms with Crippen molar-refractivity contribution in [2.75, 3.05) is 24.0 Å². The molecular weight excluding hydrogens is 420 g/mol. The number of fused-ring (bicyclic) bond motifs is 2. The minimum absolute atomic E-state index is 0.0260. The SMILES string of the molecule is COc1ccc(N(C)C(=O)c2ccc(N3C(=O)c4nc5ccccc5nc4C3=O)cc2)cc1. The van der Waals surface area contributed by atoms with E-state index in [1.807, 2.05) is 0 Å². The highest BCUT2D eigenvalue weighted by Crippen LogP contribution is 2.28. The molecule has 0 atom stereocenters. The van der Waals surface area contributed by atoms with Crippen LogP contribution in [0.25, 0.3) is 11.0 Å². The zero-order chi connectivity index (χ0) is 23.1. The largest absolute Gasteiger partial charge is 0.497 e. The molecule has 5 rings (SSSR count). The molecule has 0 N–H and O–H groups in total. The van der Waals surface area contributed by atoms with Gasteiger partial charge in [-0.25, -0.2) is 14.9 Å². The van der Waals surface area contributed by atoms with Crippen molar-refractivity contribution in [3.8, 4) is 5.75 Å². The van der Waals surface area contributed by atoms with Crippen LogP contribution in [0.4, 0.5) is 11.4 Å². The first-order valence-electron chi connectivity index (χ1n) is 10.2. The Kier molecular flexibility index (Phi) is 4.82. The van der Waals surface area contributed by atoms with Gasteiger partial charge in [0, 0.05) is 18.3 Å². The molecule has 1 aliphatic heterocycles. The summed E-state index contributed by atoms with van der Waals surface area (Å²) in [7, 11) is 3.25.